The van der Waals surface area contributed by atoms with E-state index in [-0.39, 0.29) is 11.2 Å². The van der Waals surface area contributed by atoms with Crippen molar-refractivity contribution in [1.82, 2.24) is 9.55 Å². The smallest absolute Gasteiger partial charge is 0.269 e. The van der Waals surface area contributed by atoms with Crippen molar-refractivity contribution in [2.75, 3.05) is 7.11 Å². The first kappa shape index (κ1) is 20.7. The van der Waals surface area contributed by atoms with Gasteiger partial charge in [0.15, 0.2) is 0 Å². The second kappa shape index (κ2) is 8.68. The van der Waals surface area contributed by atoms with Crippen molar-refractivity contribution < 1.29 is 9.66 Å². The third-order valence-corrected chi connectivity index (χ3v) is 5.37. The molecule has 31 heavy (non-hydrogen) atoms. The van der Waals surface area contributed by atoms with Gasteiger partial charge in [0.05, 0.1) is 28.6 Å². The number of hydrogen-bond donors (Lipinski definition) is 0. The number of ether oxygens (including phenoxy) is 1. The summed E-state index contributed by atoms with van der Waals surface area (Å²) in [6, 6.07) is 18.9. The Morgan fingerprint density at radius 3 is 2.55 bits per heavy atom. The Kier molecular flexibility index (Phi) is 5.81. The zero-order chi connectivity index (χ0) is 22.0. The van der Waals surface area contributed by atoms with Crippen molar-refractivity contribution in [2.24, 2.45) is 0 Å². The van der Waals surface area contributed by atoms with Crippen LogP contribution in [0.25, 0.3) is 28.7 Å². The fraction of sp³-hybridized carbons (Fsp3) is 0.0435. The van der Waals surface area contributed by atoms with Gasteiger partial charge in [0.25, 0.3) is 11.2 Å². The van der Waals surface area contributed by atoms with E-state index in [1.54, 1.807) is 43.5 Å². The molecule has 3 aromatic carbocycles. The third-order valence-electron chi connectivity index (χ3n) is 4.70. The maximum Gasteiger partial charge on any atom is 0.269 e. The Labute approximate surface area is 190 Å². The Balaban J connectivity index is 1.89. The maximum absolute atomic E-state index is 13.4. The van der Waals surface area contributed by atoms with E-state index in [1.165, 1.54) is 16.7 Å². The number of hydrogen-bond acceptors (Lipinski definition) is 5. The van der Waals surface area contributed by atoms with Crippen molar-refractivity contribution in [2.45, 2.75) is 0 Å². The molecule has 4 rings (SSSR count). The van der Waals surface area contributed by atoms with E-state index in [9.17, 15) is 14.9 Å². The molecule has 8 heteroatoms. The van der Waals surface area contributed by atoms with Gasteiger partial charge < -0.3 is 4.74 Å². The first-order valence-corrected chi connectivity index (χ1v) is 10.3. The minimum Gasteiger partial charge on any atom is -0.497 e. The van der Waals surface area contributed by atoms with Crippen LogP contribution in [0.15, 0.2) is 71.5 Å². The quantitative estimate of drug-likeness (QED) is 0.206. The van der Waals surface area contributed by atoms with Crippen LogP contribution in [0.5, 0.6) is 5.75 Å². The molecule has 0 saturated carbocycles. The van der Waals surface area contributed by atoms with Gasteiger partial charge in [-0.1, -0.05) is 12.1 Å². The molecule has 0 atom stereocenters. The standard InChI is InChI=1S/C23H16IN3O4/c1-31-19-4-2-3-18(14-19)26-22(12-7-15-5-9-17(10-6-15)27(29)30)25-21-11-8-16(24)13-20(21)23(26)28/h2-14H,1H3. The van der Waals surface area contributed by atoms with Crippen LogP contribution in [0.4, 0.5) is 5.69 Å². The van der Waals surface area contributed by atoms with Crippen LogP contribution in [-0.4, -0.2) is 21.6 Å². The summed E-state index contributed by atoms with van der Waals surface area (Å²) < 4.78 is 7.78. The topological polar surface area (TPSA) is 87.3 Å². The van der Waals surface area contributed by atoms with Crippen molar-refractivity contribution in [1.29, 1.82) is 0 Å². The molecule has 0 N–H and O–H groups in total. The van der Waals surface area contributed by atoms with E-state index in [0.29, 0.717) is 28.2 Å². The summed E-state index contributed by atoms with van der Waals surface area (Å²) in [6.07, 6.45) is 3.49. The second-order valence-electron chi connectivity index (χ2n) is 6.66. The molecule has 0 aliphatic rings. The molecule has 0 spiro atoms. The first-order valence-electron chi connectivity index (χ1n) is 9.25. The number of fused-ring (bicyclic) bond motifs is 1. The van der Waals surface area contributed by atoms with Crippen molar-refractivity contribution in [3.63, 3.8) is 0 Å². The van der Waals surface area contributed by atoms with Crippen LogP contribution in [-0.2, 0) is 0 Å². The number of methoxy groups -OCH3 is 1. The zero-order valence-electron chi connectivity index (χ0n) is 16.4. The summed E-state index contributed by atoms with van der Waals surface area (Å²) in [5, 5.41) is 11.4. The summed E-state index contributed by atoms with van der Waals surface area (Å²) in [7, 11) is 1.57. The van der Waals surface area contributed by atoms with Crippen molar-refractivity contribution in [3.8, 4) is 11.4 Å². The number of benzene rings is 3. The molecule has 7 nitrogen and oxygen atoms in total. The third kappa shape index (κ3) is 4.33. The number of nitrogens with zero attached hydrogens (tertiary/aromatic N) is 3. The van der Waals surface area contributed by atoms with Crippen LogP contribution >= 0.6 is 22.6 Å². The lowest BCUT2D eigenvalue weighted by atomic mass is 10.2. The van der Waals surface area contributed by atoms with E-state index < -0.39 is 4.92 Å². The molecule has 154 valence electrons. The Morgan fingerprint density at radius 1 is 1.06 bits per heavy atom. The average Bonchev–Trinajstić information content (AvgIpc) is 2.78. The van der Waals surface area contributed by atoms with Gasteiger partial charge in [-0.2, -0.15) is 0 Å². The highest BCUT2D eigenvalue weighted by Crippen LogP contribution is 2.21. The number of halogens is 1. The first-order chi connectivity index (χ1) is 15.0. The second-order valence-corrected chi connectivity index (χ2v) is 7.90. The molecule has 0 fully saturated rings. The van der Waals surface area contributed by atoms with Crippen LogP contribution < -0.4 is 10.3 Å². The molecule has 1 heterocycles. The largest absolute Gasteiger partial charge is 0.497 e. The maximum atomic E-state index is 13.4. The predicted octanol–water partition coefficient (Wildman–Crippen LogP) is 5.08. The molecule has 0 radical (unpaired) electrons. The van der Waals surface area contributed by atoms with Gasteiger partial charge in [-0.25, -0.2) is 4.98 Å². The Bertz CT molecular complexity index is 1380. The van der Waals surface area contributed by atoms with E-state index in [1.807, 2.05) is 30.3 Å². The fourth-order valence-electron chi connectivity index (χ4n) is 3.16. The van der Waals surface area contributed by atoms with Gasteiger partial charge in [-0.15, -0.1) is 0 Å². The summed E-state index contributed by atoms with van der Waals surface area (Å²) in [6.45, 7) is 0. The van der Waals surface area contributed by atoms with E-state index in [2.05, 4.69) is 22.6 Å². The van der Waals surface area contributed by atoms with Gasteiger partial charge in [0.2, 0.25) is 0 Å². The normalized spacial score (nSPS) is 11.2. The minimum atomic E-state index is -0.444. The molecular formula is C23H16IN3O4. The minimum absolute atomic E-state index is 0.0175. The van der Waals surface area contributed by atoms with Crippen LogP contribution in [0.1, 0.15) is 11.4 Å². The van der Waals surface area contributed by atoms with Crippen molar-refractivity contribution in [3.05, 3.63) is 102 Å². The highest BCUT2D eigenvalue weighted by atomic mass is 127. The molecule has 4 aromatic rings. The summed E-state index contributed by atoms with van der Waals surface area (Å²) in [4.78, 5) is 28.5. The average molecular weight is 525 g/mol. The van der Waals surface area contributed by atoms with Crippen LogP contribution in [0, 0.1) is 13.7 Å². The molecule has 1 aromatic heterocycles. The van der Waals surface area contributed by atoms with Gasteiger partial charge in [0.1, 0.15) is 11.6 Å². The number of non-ortho nitro benzene ring substituents is 1. The fourth-order valence-corrected chi connectivity index (χ4v) is 3.65. The number of rotatable bonds is 5. The molecular weight excluding hydrogens is 509 g/mol. The summed E-state index contributed by atoms with van der Waals surface area (Å²) >= 11 is 2.16. The highest BCUT2D eigenvalue weighted by Gasteiger charge is 2.12. The number of nitro benzene ring substituents is 1. The molecule has 0 unspecified atom stereocenters. The monoisotopic (exact) mass is 525 g/mol. The SMILES string of the molecule is COc1cccc(-n2c(C=Cc3ccc([N+](=O)[O-])cc3)nc3ccc(I)cc3c2=O)c1. The number of aromatic nitrogens is 2. The Hall–Kier alpha value is -3.53. The lowest BCUT2D eigenvalue weighted by molar-refractivity contribution is -0.384. The van der Waals surface area contributed by atoms with E-state index in [4.69, 9.17) is 9.72 Å². The van der Waals surface area contributed by atoms with Gasteiger partial charge in [0, 0.05) is 21.8 Å². The highest BCUT2D eigenvalue weighted by molar-refractivity contribution is 14.1. The lowest BCUT2D eigenvalue weighted by Gasteiger charge is -2.12. The van der Waals surface area contributed by atoms with Gasteiger partial charge in [-0.05, 0) is 76.7 Å². The van der Waals surface area contributed by atoms with Gasteiger partial charge >= 0.3 is 0 Å². The molecule has 0 aliphatic heterocycles. The summed E-state index contributed by atoms with van der Waals surface area (Å²) in [5.41, 5.74) is 1.79. The lowest BCUT2D eigenvalue weighted by Crippen LogP contribution is -2.22. The van der Waals surface area contributed by atoms with Crippen LogP contribution in [0.3, 0.4) is 0 Å². The van der Waals surface area contributed by atoms with Crippen LogP contribution in [0.2, 0.25) is 0 Å². The molecule has 0 amide bonds. The van der Waals surface area contributed by atoms with E-state index >= 15 is 0 Å². The molecule has 0 saturated heterocycles. The number of nitro groups is 1. The summed E-state index contributed by atoms with van der Waals surface area (Å²) in [5.74, 6) is 1.06. The molecule has 0 bridgehead atoms. The van der Waals surface area contributed by atoms with Gasteiger partial charge in [-0.3, -0.25) is 19.5 Å². The zero-order valence-corrected chi connectivity index (χ0v) is 18.5. The van der Waals surface area contributed by atoms with E-state index in [0.717, 1.165) is 9.13 Å². The predicted molar refractivity (Wildman–Crippen MR) is 129 cm³/mol. The Morgan fingerprint density at radius 2 is 1.84 bits per heavy atom. The molecule has 0 aliphatic carbocycles. The van der Waals surface area contributed by atoms with Crippen molar-refractivity contribution >= 4 is 51.3 Å².